The number of hydrogen-bond donors (Lipinski definition) is 1. The van der Waals surface area contributed by atoms with Crippen molar-refractivity contribution in [3.8, 4) is 17.2 Å². The fourth-order valence-electron chi connectivity index (χ4n) is 3.14. The number of ether oxygens (including phenoxy) is 3. The molecule has 0 saturated carbocycles. The zero-order valence-electron chi connectivity index (χ0n) is 17.3. The number of carbonyl (C=O) groups excluding carboxylic acids is 1. The molecule has 1 amide bonds. The minimum Gasteiger partial charge on any atom is -0.497 e. The second-order valence-corrected chi connectivity index (χ2v) is 6.58. The third kappa shape index (κ3) is 4.34. The molecule has 0 aliphatic carbocycles. The maximum atomic E-state index is 12.9. The van der Waals surface area contributed by atoms with Crippen LogP contribution in [-0.4, -0.2) is 37.0 Å². The number of anilines is 1. The van der Waals surface area contributed by atoms with Gasteiger partial charge >= 0.3 is 0 Å². The minimum absolute atomic E-state index is 0.267. The van der Waals surface area contributed by atoms with Crippen molar-refractivity contribution in [1.82, 2.24) is 9.78 Å². The third-order valence-corrected chi connectivity index (χ3v) is 4.74. The van der Waals surface area contributed by atoms with Gasteiger partial charge in [-0.1, -0.05) is 12.1 Å². The first-order chi connectivity index (χ1) is 14.0. The first-order valence-electron chi connectivity index (χ1n) is 9.17. The quantitative estimate of drug-likeness (QED) is 0.658. The van der Waals surface area contributed by atoms with E-state index >= 15 is 0 Å². The molecule has 1 heterocycles. The average molecular weight is 395 g/mol. The Labute approximate surface area is 170 Å². The van der Waals surface area contributed by atoms with Gasteiger partial charge in [-0.2, -0.15) is 5.10 Å². The highest BCUT2D eigenvalue weighted by molar-refractivity contribution is 6.06. The van der Waals surface area contributed by atoms with Crippen LogP contribution in [-0.2, 0) is 6.54 Å². The van der Waals surface area contributed by atoms with Gasteiger partial charge < -0.3 is 19.5 Å². The number of nitrogens with one attached hydrogen (secondary N) is 1. The van der Waals surface area contributed by atoms with E-state index in [9.17, 15) is 4.79 Å². The van der Waals surface area contributed by atoms with E-state index in [2.05, 4.69) is 10.4 Å². The van der Waals surface area contributed by atoms with Crippen molar-refractivity contribution in [2.45, 2.75) is 20.4 Å². The van der Waals surface area contributed by atoms with Crippen molar-refractivity contribution in [1.29, 1.82) is 0 Å². The Kier molecular flexibility index (Phi) is 6.07. The molecule has 7 heteroatoms. The molecular formula is C22H25N3O4. The van der Waals surface area contributed by atoms with Crippen molar-refractivity contribution in [2.75, 3.05) is 26.6 Å². The zero-order valence-corrected chi connectivity index (χ0v) is 17.3. The van der Waals surface area contributed by atoms with Crippen LogP contribution in [0.2, 0.25) is 0 Å². The Bertz CT molecular complexity index is 1030. The summed E-state index contributed by atoms with van der Waals surface area (Å²) < 4.78 is 17.7. The fraction of sp³-hybridized carbons (Fsp3) is 0.273. The Morgan fingerprint density at radius 3 is 2.41 bits per heavy atom. The molecule has 152 valence electrons. The molecule has 29 heavy (non-hydrogen) atoms. The smallest absolute Gasteiger partial charge is 0.259 e. The highest BCUT2D eigenvalue weighted by Gasteiger charge is 2.18. The number of nitrogens with zero attached hydrogens (tertiary/aromatic N) is 2. The van der Waals surface area contributed by atoms with Crippen LogP contribution in [0.5, 0.6) is 17.2 Å². The van der Waals surface area contributed by atoms with Crippen LogP contribution in [0.15, 0.2) is 42.5 Å². The van der Waals surface area contributed by atoms with E-state index in [1.165, 1.54) is 7.11 Å². The molecule has 0 unspecified atom stereocenters. The molecule has 0 atom stereocenters. The summed E-state index contributed by atoms with van der Waals surface area (Å²) in [6.45, 7) is 4.38. The Morgan fingerprint density at radius 1 is 1.00 bits per heavy atom. The van der Waals surface area contributed by atoms with Crippen molar-refractivity contribution < 1.29 is 19.0 Å². The molecule has 3 rings (SSSR count). The first-order valence-corrected chi connectivity index (χ1v) is 9.17. The van der Waals surface area contributed by atoms with Crippen LogP contribution in [0.4, 0.5) is 5.69 Å². The third-order valence-electron chi connectivity index (χ3n) is 4.74. The van der Waals surface area contributed by atoms with E-state index < -0.39 is 0 Å². The van der Waals surface area contributed by atoms with Crippen LogP contribution >= 0.6 is 0 Å². The summed E-state index contributed by atoms with van der Waals surface area (Å²) in [4.78, 5) is 12.9. The highest BCUT2D eigenvalue weighted by Crippen LogP contribution is 2.27. The van der Waals surface area contributed by atoms with Crippen LogP contribution in [0, 0.1) is 13.8 Å². The molecule has 0 aliphatic rings. The van der Waals surface area contributed by atoms with Gasteiger partial charge in [-0.3, -0.25) is 9.48 Å². The normalized spacial score (nSPS) is 10.5. The lowest BCUT2D eigenvalue weighted by atomic mass is 10.1. The average Bonchev–Trinajstić information content (AvgIpc) is 3.00. The molecule has 0 saturated heterocycles. The van der Waals surface area contributed by atoms with E-state index in [4.69, 9.17) is 14.2 Å². The van der Waals surface area contributed by atoms with Gasteiger partial charge in [-0.25, -0.2) is 0 Å². The van der Waals surface area contributed by atoms with E-state index in [0.717, 1.165) is 22.7 Å². The number of carbonyl (C=O) groups is 1. The monoisotopic (exact) mass is 395 g/mol. The second kappa shape index (κ2) is 8.68. The van der Waals surface area contributed by atoms with Gasteiger partial charge in [0.25, 0.3) is 5.91 Å². The minimum atomic E-state index is -0.267. The van der Waals surface area contributed by atoms with Crippen molar-refractivity contribution in [2.24, 2.45) is 0 Å². The summed E-state index contributed by atoms with van der Waals surface area (Å²) in [5.41, 5.74) is 3.78. The predicted molar refractivity (Wildman–Crippen MR) is 111 cm³/mol. The first kappa shape index (κ1) is 20.3. The van der Waals surface area contributed by atoms with Gasteiger partial charge in [0.15, 0.2) is 0 Å². The second-order valence-electron chi connectivity index (χ2n) is 6.58. The molecule has 0 aliphatic heterocycles. The SMILES string of the molecule is COc1cccc(Cn2nc(C)c(NC(=O)c3ccc(OC)cc3OC)c2C)c1. The Balaban J connectivity index is 1.84. The van der Waals surface area contributed by atoms with E-state index in [0.29, 0.717) is 29.3 Å². The summed E-state index contributed by atoms with van der Waals surface area (Å²) >= 11 is 0. The van der Waals surface area contributed by atoms with Crippen LogP contribution in [0.3, 0.4) is 0 Å². The van der Waals surface area contributed by atoms with Crippen molar-refractivity contribution in [3.05, 3.63) is 65.0 Å². The van der Waals surface area contributed by atoms with Crippen LogP contribution in [0.25, 0.3) is 0 Å². The number of benzene rings is 2. The van der Waals surface area contributed by atoms with Gasteiger partial charge in [-0.05, 0) is 43.7 Å². The highest BCUT2D eigenvalue weighted by atomic mass is 16.5. The molecule has 7 nitrogen and oxygen atoms in total. The lowest BCUT2D eigenvalue weighted by molar-refractivity contribution is 0.102. The number of methoxy groups -OCH3 is 3. The summed E-state index contributed by atoms with van der Waals surface area (Å²) in [5.74, 6) is 1.60. The van der Waals surface area contributed by atoms with Gasteiger partial charge in [0.1, 0.15) is 17.2 Å². The molecule has 0 fully saturated rings. The van der Waals surface area contributed by atoms with Crippen LogP contribution in [0.1, 0.15) is 27.3 Å². The van der Waals surface area contributed by atoms with Crippen LogP contribution < -0.4 is 19.5 Å². The molecule has 0 spiro atoms. The Hall–Kier alpha value is -3.48. The number of aromatic nitrogens is 2. The molecule has 2 aromatic carbocycles. The summed E-state index contributed by atoms with van der Waals surface area (Å²) in [7, 11) is 4.73. The maximum Gasteiger partial charge on any atom is 0.259 e. The number of hydrogen-bond acceptors (Lipinski definition) is 5. The van der Waals surface area contributed by atoms with Gasteiger partial charge in [0, 0.05) is 6.07 Å². The zero-order chi connectivity index (χ0) is 21.0. The number of amides is 1. The molecule has 0 radical (unpaired) electrons. The standard InChI is InChI=1S/C22H25N3O4/c1-14-21(23-22(26)19-10-9-18(28-4)12-20(19)29-5)15(2)25(24-14)13-16-7-6-8-17(11-16)27-3/h6-12H,13H2,1-5H3,(H,23,26). The Morgan fingerprint density at radius 2 is 1.72 bits per heavy atom. The summed E-state index contributed by atoms with van der Waals surface area (Å²) in [6, 6.07) is 12.9. The van der Waals surface area contributed by atoms with Gasteiger partial charge in [-0.15, -0.1) is 0 Å². The largest absolute Gasteiger partial charge is 0.497 e. The fourth-order valence-corrected chi connectivity index (χ4v) is 3.14. The molecular weight excluding hydrogens is 370 g/mol. The number of aryl methyl sites for hydroxylation is 1. The maximum absolute atomic E-state index is 12.9. The van der Waals surface area contributed by atoms with Gasteiger partial charge in [0.05, 0.1) is 50.5 Å². The lowest BCUT2D eigenvalue weighted by Gasteiger charge is -2.11. The molecule has 0 bridgehead atoms. The topological polar surface area (TPSA) is 74.6 Å². The number of rotatable bonds is 7. The summed E-state index contributed by atoms with van der Waals surface area (Å²) in [5, 5.41) is 7.56. The predicted octanol–water partition coefficient (Wildman–Crippen LogP) is 3.83. The summed E-state index contributed by atoms with van der Waals surface area (Å²) in [6.07, 6.45) is 0. The molecule has 1 N–H and O–H groups in total. The van der Waals surface area contributed by atoms with Crippen molar-refractivity contribution in [3.63, 3.8) is 0 Å². The van der Waals surface area contributed by atoms with Crippen molar-refractivity contribution >= 4 is 11.6 Å². The van der Waals surface area contributed by atoms with E-state index in [-0.39, 0.29) is 5.91 Å². The lowest BCUT2D eigenvalue weighted by Crippen LogP contribution is -2.14. The molecule has 3 aromatic rings. The van der Waals surface area contributed by atoms with E-state index in [1.54, 1.807) is 32.4 Å². The van der Waals surface area contributed by atoms with Gasteiger partial charge in [0.2, 0.25) is 0 Å². The molecule has 1 aromatic heterocycles. The van der Waals surface area contributed by atoms with E-state index in [1.807, 2.05) is 42.8 Å².